The van der Waals surface area contributed by atoms with Gasteiger partial charge < -0.3 is 5.32 Å². The van der Waals surface area contributed by atoms with E-state index in [1.165, 1.54) is 23.3 Å². The Morgan fingerprint density at radius 2 is 2.25 bits per heavy atom. The topological polar surface area (TPSA) is 24.4 Å². The highest BCUT2D eigenvalue weighted by Crippen LogP contribution is 2.15. The van der Waals surface area contributed by atoms with E-state index in [4.69, 9.17) is 0 Å². The van der Waals surface area contributed by atoms with Crippen LogP contribution in [0, 0.1) is 6.92 Å². The van der Waals surface area contributed by atoms with E-state index in [0.29, 0.717) is 6.04 Å². The first-order chi connectivity index (χ1) is 7.75. The van der Waals surface area contributed by atoms with Crippen LogP contribution in [0.3, 0.4) is 0 Å². The van der Waals surface area contributed by atoms with E-state index in [-0.39, 0.29) is 0 Å². The van der Waals surface area contributed by atoms with E-state index < -0.39 is 0 Å². The molecule has 1 aromatic rings. The molecule has 0 spiro atoms. The van der Waals surface area contributed by atoms with E-state index >= 15 is 0 Å². The van der Waals surface area contributed by atoms with Crippen LogP contribution in [-0.4, -0.2) is 17.0 Å². The van der Waals surface area contributed by atoms with Gasteiger partial charge in [-0.15, -0.1) is 0 Å². The maximum Gasteiger partial charge on any atom is 0.157 e. The van der Waals surface area contributed by atoms with Gasteiger partial charge in [0.05, 0.1) is 6.54 Å². The highest BCUT2D eigenvalue weighted by atomic mass is 32.2. The minimum Gasteiger partial charge on any atom is -0.362 e. The van der Waals surface area contributed by atoms with Crippen molar-refractivity contribution in [2.45, 2.75) is 32.9 Å². The molecular formula is C13H18N2S. The third kappa shape index (κ3) is 3.01. The fourth-order valence-corrected chi connectivity index (χ4v) is 2.80. The summed E-state index contributed by atoms with van der Waals surface area (Å²) in [6.45, 7) is 5.14. The summed E-state index contributed by atoms with van der Waals surface area (Å²) in [4.78, 5) is 4.63. The summed E-state index contributed by atoms with van der Waals surface area (Å²) in [5, 5.41) is 4.52. The zero-order chi connectivity index (χ0) is 11.4. The third-order valence-corrected chi connectivity index (χ3v) is 3.77. The molecule has 1 N–H and O–H groups in total. The van der Waals surface area contributed by atoms with Crippen molar-refractivity contribution in [2.24, 2.45) is 4.99 Å². The second-order valence-corrected chi connectivity index (χ2v) is 5.31. The smallest absolute Gasteiger partial charge is 0.157 e. The van der Waals surface area contributed by atoms with Crippen LogP contribution < -0.4 is 5.32 Å². The van der Waals surface area contributed by atoms with Gasteiger partial charge in [0.25, 0.3) is 0 Å². The molecule has 1 aliphatic rings. The largest absolute Gasteiger partial charge is 0.362 e. The molecule has 1 atom stereocenters. The van der Waals surface area contributed by atoms with Crippen LogP contribution >= 0.6 is 11.8 Å². The lowest BCUT2D eigenvalue weighted by atomic mass is 10.1. The molecule has 0 aliphatic carbocycles. The average Bonchev–Trinajstić information content (AvgIpc) is 2.28. The van der Waals surface area contributed by atoms with E-state index in [2.05, 4.69) is 48.4 Å². The summed E-state index contributed by atoms with van der Waals surface area (Å²) in [6, 6.07) is 9.00. The minimum absolute atomic E-state index is 0.567. The standard InChI is InChI=1S/C13H18N2S/c1-10-5-3-4-6-12(10)9-14-13-15-11(2)7-8-16-13/h3-6,11H,7-9H2,1-2H3,(H,14,15). The maximum atomic E-state index is 4.63. The zero-order valence-electron chi connectivity index (χ0n) is 9.86. The van der Waals surface area contributed by atoms with E-state index in [1.807, 2.05) is 11.8 Å². The van der Waals surface area contributed by atoms with Gasteiger partial charge in [0.15, 0.2) is 5.17 Å². The molecule has 1 heterocycles. The van der Waals surface area contributed by atoms with Crippen molar-refractivity contribution in [1.29, 1.82) is 0 Å². The van der Waals surface area contributed by atoms with Crippen molar-refractivity contribution in [3.8, 4) is 0 Å². The van der Waals surface area contributed by atoms with E-state index in [0.717, 1.165) is 11.7 Å². The van der Waals surface area contributed by atoms with Crippen molar-refractivity contribution >= 4 is 16.9 Å². The van der Waals surface area contributed by atoms with Gasteiger partial charge in [-0.2, -0.15) is 0 Å². The molecule has 0 amide bonds. The summed E-state index contributed by atoms with van der Waals surface area (Å²) in [5.74, 6) is 1.18. The van der Waals surface area contributed by atoms with Crippen LogP contribution in [0.4, 0.5) is 0 Å². The van der Waals surface area contributed by atoms with Gasteiger partial charge in [-0.3, -0.25) is 4.99 Å². The van der Waals surface area contributed by atoms with Crippen LogP contribution in [0.25, 0.3) is 0 Å². The van der Waals surface area contributed by atoms with Gasteiger partial charge in [0.2, 0.25) is 0 Å². The monoisotopic (exact) mass is 234 g/mol. The molecule has 3 heteroatoms. The number of hydrogen-bond acceptors (Lipinski definition) is 2. The Hall–Kier alpha value is -0.960. The zero-order valence-corrected chi connectivity index (χ0v) is 10.7. The van der Waals surface area contributed by atoms with Gasteiger partial charge in [-0.05, 0) is 31.4 Å². The minimum atomic E-state index is 0.567. The lowest BCUT2D eigenvalue weighted by Gasteiger charge is -2.21. The van der Waals surface area contributed by atoms with E-state index in [9.17, 15) is 0 Å². The molecule has 86 valence electrons. The van der Waals surface area contributed by atoms with Gasteiger partial charge in [0.1, 0.15) is 0 Å². The van der Waals surface area contributed by atoms with Crippen LogP contribution in [0.1, 0.15) is 24.5 Å². The SMILES string of the molecule is Cc1ccccc1CN=C1NC(C)CCS1. The number of hydrogen-bond donors (Lipinski definition) is 1. The van der Waals surface area contributed by atoms with Crippen LogP contribution in [0.2, 0.25) is 0 Å². The van der Waals surface area contributed by atoms with Crippen molar-refractivity contribution < 1.29 is 0 Å². The number of nitrogens with zero attached hydrogens (tertiary/aromatic N) is 1. The Morgan fingerprint density at radius 1 is 1.44 bits per heavy atom. The van der Waals surface area contributed by atoms with Crippen molar-refractivity contribution in [3.05, 3.63) is 35.4 Å². The number of benzene rings is 1. The predicted octanol–water partition coefficient (Wildman–Crippen LogP) is 2.97. The van der Waals surface area contributed by atoms with Crippen molar-refractivity contribution in [1.82, 2.24) is 5.32 Å². The predicted molar refractivity (Wildman–Crippen MR) is 72.0 cm³/mol. The Labute approximate surface area is 102 Å². The molecule has 1 saturated heterocycles. The van der Waals surface area contributed by atoms with Crippen molar-refractivity contribution in [2.75, 3.05) is 5.75 Å². The Morgan fingerprint density at radius 3 is 3.00 bits per heavy atom. The van der Waals surface area contributed by atoms with Crippen LogP contribution in [-0.2, 0) is 6.54 Å². The molecule has 1 fully saturated rings. The molecule has 2 rings (SSSR count). The number of rotatable bonds is 2. The molecule has 16 heavy (non-hydrogen) atoms. The van der Waals surface area contributed by atoms with Crippen molar-refractivity contribution in [3.63, 3.8) is 0 Å². The van der Waals surface area contributed by atoms with E-state index in [1.54, 1.807) is 0 Å². The normalized spacial score (nSPS) is 23.1. The Kier molecular flexibility index (Phi) is 3.88. The van der Waals surface area contributed by atoms with Crippen LogP contribution in [0.5, 0.6) is 0 Å². The highest BCUT2D eigenvalue weighted by Gasteiger charge is 2.12. The fourth-order valence-electron chi connectivity index (χ4n) is 1.69. The van der Waals surface area contributed by atoms with Gasteiger partial charge in [-0.1, -0.05) is 36.0 Å². The molecule has 0 bridgehead atoms. The molecule has 1 aromatic carbocycles. The third-order valence-electron chi connectivity index (χ3n) is 2.81. The van der Waals surface area contributed by atoms with Gasteiger partial charge in [-0.25, -0.2) is 0 Å². The quantitative estimate of drug-likeness (QED) is 0.850. The summed E-state index contributed by atoms with van der Waals surface area (Å²) >= 11 is 1.83. The fraction of sp³-hybridized carbons (Fsp3) is 0.462. The summed E-state index contributed by atoms with van der Waals surface area (Å²) in [6.07, 6.45) is 1.23. The lowest BCUT2D eigenvalue weighted by Crippen LogP contribution is -2.35. The second-order valence-electron chi connectivity index (χ2n) is 4.23. The first-order valence-corrected chi connectivity index (χ1v) is 6.72. The summed E-state index contributed by atoms with van der Waals surface area (Å²) < 4.78 is 0. The highest BCUT2D eigenvalue weighted by molar-refractivity contribution is 8.13. The number of aliphatic imine (C=N–C) groups is 1. The molecule has 1 aliphatic heterocycles. The van der Waals surface area contributed by atoms with Gasteiger partial charge >= 0.3 is 0 Å². The number of thioether (sulfide) groups is 1. The summed E-state index contributed by atoms with van der Waals surface area (Å²) in [5.41, 5.74) is 2.64. The Balaban J connectivity index is 2.00. The average molecular weight is 234 g/mol. The number of aryl methyl sites for hydroxylation is 1. The number of amidine groups is 1. The lowest BCUT2D eigenvalue weighted by molar-refractivity contribution is 0.642. The molecule has 1 unspecified atom stereocenters. The molecule has 0 saturated carbocycles. The number of nitrogens with one attached hydrogen (secondary N) is 1. The second kappa shape index (κ2) is 5.39. The molecule has 0 aromatic heterocycles. The Bertz CT molecular complexity index is 387. The molecule has 2 nitrogen and oxygen atoms in total. The van der Waals surface area contributed by atoms with Gasteiger partial charge in [0, 0.05) is 11.8 Å². The summed E-state index contributed by atoms with van der Waals surface area (Å²) in [7, 11) is 0. The maximum absolute atomic E-state index is 4.63. The van der Waals surface area contributed by atoms with Crippen LogP contribution in [0.15, 0.2) is 29.3 Å². The molecular weight excluding hydrogens is 216 g/mol. The first kappa shape index (κ1) is 11.5. The molecule has 0 radical (unpaired) electrons. The first-order valence-electron chi connectivity index (χ1n) is 5.74.